The van der Waals surface area contributed by atoms with Gasteiger partial charge in [-0.1, -0.05) is 13.0 Å². The van der Waals surface area contributed by atoms with Crippen molar-refractivity contribution >= 4 is 21.9 Å². The van der Waals surface area contributed by atoms with E-state index in [1.807, 2.05) is 6.20 Å². The van der Waals surface area contributed by atoms with Crippen molar-refractivity contribution in [3.63, 3.8) is 0 Å². The molecule has 0 bridgehead atoms. The number of nitrogens with zero attached hydrogens (tertiary/aromatic N) is 2. The van der Waals surface area contributed by atoms with Crippen molar-refractivity contribution in [3.05, 3.63) is 71.4 Å². The first-order valence-electron chi connectivity index (χ1n) is 10.6. The van der Waals surface area contributed by atoms with Gasteiger partial charge < -0.3 is 4.98 Å². The van der Waals surface area contributed by atoms with Crippen LogP contribution in [0.4, 0.5) is 4.39 Å². The van der Waals surface area contributed by atoms with Crippen LogP contribution in [0.3, 0.4) is 0 Å². The number of halogens is 1. The van der Waals surface area contributed by atoms with Crippen LogP contribution in [0.25, 0.3) is 21.9 Å². The number of H-pyrrole nitrogens is 1. The lowest BCUT2D eigenvalue weighted by molar-refractivity contribution is 0.286. The van der Waals surface area contributed by atoms with Gasteiger partial charge in [0.2, 0.25) is 0 Å². The normalized spacial score (nSPS) is 20.9. The lowest BCUT2D eigenvalue weighted by Gasteiger charge is -2.32. The minimum absolute atomic E-state index is 0.186. The van der Waals surface area contributed by atoms with Crippen LogP contribution in [-0.2, 0) is 0 Å². The summed E-state index contributed by atoms with van der Waals surface area (Å²) in [5, 5.41) is 0.969. The molecule has 0 spiro atoms. The molecule has 3 nitrogen and oxygen atoms in total. The number of aryl methyl sites for hydroxylation is 1. The summed E-state index contributed by atoms with van der Waals surface area (Å²) in [6.45, 7) is 4.41. The van der Waals surface area contributed by atoms with E-state index in [0.717, 1.165) is 40.6 Å². The van der Waals surface area contributed by atoms with E-state index in [1.165, 1.54) is 30.0 Å². The van der Waals surface area contributed by atoms with Gasteiger partial charge in [-0.05, 0) is 92.0 Å². The second kappa shape index (κ2) is 7.25. The zero-order chi connectivity index (χ0) is 20.0. The second-order valence-electron chi connectivity index (χ2n) is 8.60. The highest BCUT2D eigenvalue weighted by Gasteiger charge is 2.29. The summed E-state index contributed by atoms with van der Waals surface area (Å²) in [6, 6.07) is 13.4. The van der Waals surface area contributed by atoms with E-state index in [-0.39, 0.29) is 5.82 Å². The van der Waals surface area contributed by atoms with E-state index < -0.39 is 0 Å². The Balaban J connectivity index is 1.34. The highest BCUT2D eigenvalue weighted by Crippen LogP contribution is 2.42. The molecule has 1 unspecified atom stereocenters. The summed E-state index contributed by atoms with van der Waals surface area (Å²) in [5.74, 6) is 2.43. The number of hydrogen-bond acceptors (Lipinski definition) is 2. The Morgan fingerprint density at radius 2 is 1.79 bits per heavy atom. The molecule has 29 heavy (non-hydrogen) atoms. The summed E-state index contributed by atoms with van der Waals surface area (Å²) in [6.07, 6.45) is 6.46. The molecule has 1 aliphatic rings. The fourth-order valence-electron chi connectivity index (χ4n) is 5.01. The number of pyridine rings is 1. The van der Waals surface area contributed by atoms with Crippen molar-refractivity contribution in [2.24, 2.45) is 5.92 Å². The second-order valence-corrected chi connectivity index (χ2v) is 8.60. The minimum Gasteiger partial charge on any atom is -0.342 e. The zero-order valence-corrected chi connectivity index (χ0v) is 17.0. The average Bonchev–Trinajstić information content (AvgIpc) is 3.16. The monoisotopic (exact) mass is 387 g/mol. The van der Waals surface area contributed by atoms with Crippen LogP contribution in [0.1, 0.15) is 61.4 Å². The summed E-state index contributed by atoms with van der Waals surface area (Å²) in [7, 11) is 0. The van der Waals surface area contributed by atoms with Crippen LogP contribution in [0.15, 0.2) is 48.7 Å². The van der Waals surface area contributed by atoms with Crippen LogP contribution in [0.5, 0.6) is 0 Å². The molecular formula is C25H26FN3. The number of fused-ring (bicyclic) bond motifs is 2. The van der Waals surface area contributed by atoms with Gasteiger partial charge in [-0.2, -0.15) is 0 Å². The molecule has 0 radical (unpaired) electrons. The quantitative estimate of drug-likeness (QED) is 0.428. The van der Waals surface area contributed by atoms with Crippen LogP contribution in [0, 0.1) is 18.7 Å². The van der Waals surface area contributed by atoms with Gasteiger partial charge >= 0.3 is 0 Å². The third kappa shape index (κ3) is 3.41. The maximum absolute atomic E-state index is 13.8. The van der Waals surface area contributed by atoms with Gasteiger partial charge in [0.15, 0.2) is 0 Å². The summed E-state index contributed by atoms with van der Waals surface area (Å²) in [4.78, 5) is 12.8. The summed E-state index contributed by atoms with van der Waals surface area (Å²) >= 11 is 0. The van der Waals surface area contributed by atoms with Crippen molar-refractivity contribution in [2.45, 2.75) is 51.4 Å². The van der Waals surface area contributed by atoms with E-state index in [9.17, 15) is 4.39 Å². The van der Waals surface area contributed by atoms with Crippen molar-refractivity contribution in [3.8, 4) is 0 Å². The molecule has 2 aromatic carbocycles. The predicted molar refractivity (Wildman–Crippen MR) is 116 cm³/mol. The number of rotatable bonds is 3. The first-order chi connectivity index (χ1) is 14.1. The molecule has 0 saturated heterocycles. The Hall–Kier alpha value is -2.75. The van der Waals surface area contributed by atoms with Gasteiger partial charge in [0, 0.05) is 17.5 Å². The van der Waals surface area contributed by atoms with E-state index in [4.69, 9.17) is 4.98 Å². The molecule has 2 aromatic heterocycles. The Kier molecular flexibility index (Phi) is 4.57. The Labute approximate surface area is 170 Å². The molecule has 1 saturated carbocycles. The third-order valence-electron chi connectivity index (χ3n) is 6.74. The van der Waals surface area contributed by atoms with Gasteiger partial charge in [0.1, 0.15) is 11.6 Å². The number of hydrogen-bond donors (Lipinski definition) is 1. The van der Waals surface area contributed by atoms with Crippen molar-refractivity contribution < 1.29 is 4.39 Å². The SMILES string of the molecule is Cc1ccc2nc(C(C)C3CCC(c4ccnc5ccc(F)cc45)CC3)[nH]c2c1. The van der Waals surface area contributed by atoms with Crippen LogP contribution in [0.2, 0.25) is 0 Å². The first kappa shape index (κ1) is 18.3. The van der Waals surface area contributed by atoms with Gasteiger partial charge in [-0.25, -0.2) is 9.37 Å². The van der Waals surface area contributed by atoms with Crippen LogP contribution >= 0.6 is 0 Å². The fraction of sp³-hybridized carbons (Fsp3) is 0.360. The van der Waals surface area contributed by atoms with E-state index in [0.29, 0.717) is 17.8 Å². The Morgan fingerprint density at radius 3 is 2.62 bits per heavy atom. The molecule has 1 N–H and O–H groups in total. The summed E-state index contributed by atoms with van der Waals surface area (Å²) in [5.41, 5.74) is 5.57. The number of aromatic nitrogens is 3. The number of benzene rings is 2. The molecule has 1 atom stereocenters. The number of imidazole rings is 1. The molecule has 148 valence electrons. The molecule has 5 rings (SSSR count). The van der Waals surface area contributed by atoms with Crippen LogP contribution in [-0.4, -0.2) is 15.0 Å². The minimum atomic E-state index is -0.186. The lowest BCUT2D eigenvalue weighted by atomic mass is 9.73. The number of nitrogens with one attached hydrogen (secondary N) is 1. The highest BCUT2D eigenvalue weighted by atomic mass is 19.1. The maximum Gasteiger partial charge on any atom is 0.123 e. The lowest BCUT2D eigenvalue weighted by Crippen LogP contribution is -2.19. The van der Waals surface area contributed by atoms with Gasteiger partial charge in [0.05, 0.1) is 16.6 Å². The fourth-order valence-corrected chi connectivity index (χ4v) is 5.01. The largest absolute Gasteiger partial charge is 0.342 e. The molecule has 1 fully saturated rings. The average molecular weight is 388 g/mol. The van der Waals surface area contributed by atoms with Crippen molar-refractivity contribution in [1.82, 2.24) is 15.0 Å². The topological polar surface area (TPSA) is 41.6 Å². The molecule has 4 aromatic rings. The van der Waals surface area contributed by atoms with Gasteiger partial charge in [0.25, 0.3) is 0 Å². The van der Waals surface area contributed by atoms with Crippen molar-refractivity contribution in [2.75, 3.05) is 0 Å². The van der Waals surface area contributed by atoms with Gasteiger partial charge in [-0.3, -0.25) is 4.98 Å². The zero-order valence-electron chi connectivity index (χ0n) is 17.0. The highest BCUT2D eigenvalue weighted by molar-refractivity contribution is 5.82. The standard InChI is InChI=1S/C25H26FN3/c1-15-3-9-23-24(13-15)29-25(28-23)16(2)17-4-6-18(7-5-17)20-11-12-27-22-10-8-19(26)14-21(20)22/h3,8-14,16-18H,4-7H2,1-2H3,(H,28,29). The molecule has 0 aliphatic heterocycles. The third-order valence-corrected chi connectivity index (χ3v) is 6.74. The molecular weight excluding hydrogens is 361 g/mol. The Morgan fingerprint density at radius 1 is 1.00 bits per heavy atom. The van der Waals surface area contributed by atoms with Crippen LogP contribution < -0.4 is 0 Å². The Bertz CT molecular complexity index is 1170. The van der Waals surface area contributed by atoms with Crippen molar-refractivity contribution in [1.29, 1.82) is 0 Å². The number of aromatic amines is 1. The molecule has 2 heterocycles. The smallest absolute Gasteiger partial charge is 0.123 e. The molecule has 0 amide bonds. The summed E-state index contributed by atoms with van der Waals surface area (Å²) < 4.78 is 13.8. The van der Waals surface area contributed by atoms with E-state index in [1.54, 1.807) is 12.1 Å². The van der Waals surface area contributed by atoms with Gasteiger partial charge in [-0.15, -0.1) is 0 Å². The molecule has 4 heteroatoms. The molecule has 1 aliphatic carbocycles. The first-order valence-corrected chi connectivity index (χ1v) is 10.6. The predicted octanol–water partition coefficient (Wildman–Crippen LogP) is 6.64. The van der Waals surface area contributed by atoms with E-state index in [2.05, 4.69) is 48.1 Å². The maximum atomic E-state index is 13.8. The van der Waals surface area contributed by atoms with E-state index >= 15 is 0 Å².